The molecule has 6 nitrogen and oxygen atoms in total. The van der Waals surface area contributed by atoms with Crippen molar-refractivity contribution in [1.82, 2.24) is 5.32 Å². The van der Waals surface area contributed by atoms with E-state index in [2.05, 4.69) is 5.32 Å². The Morgan fingerprint density at radius 3 is 2.16 bits per heavy atom. The first-order valence-electron chi connectivity index (χ1n) is 9.49. The summed E-state index contributed by atoms with van der Waals surface area (Å²) < 4.78 is 15.5. The van der Waals surface area contributed by atoms with Gasteiger partial charge in [-0.3, -0.25) is 9.59 Å². The first-order chi connectivity index (χ1) is 12.0. The maximum atomic E-state index is 12.0. The summed E-state index contributed by atoms with van der Waals surface area (Å²) in [5.41, 5.74) is 0. The molecular formula is C19H35NO5. The molecule has 0 heterocycles. The molecule has 1 amide bonds. The van der Waals surface area contributed by atoms with Crippen molar-refractivity contribution in [3.8, 4) is 0 Å². The number of amides is 1. The molecule has 25 heavy (non-hydrogen) atoms. The Balaban J connectivity index is 1.99. The van der Waals surface area contributed by atoms with E-state index in [0.29, 0.717) is 57.7 Å². The molecule has 1 N–H and O–H groups in total. The Labute approximate surface area is 152 Å². The van der Waals surface area contributed by atoms with E-state index >= 15 is 0 Å². The van der Waals surface area contributed by atoms with E-state index in [1.165, 1.54) is 0 Å². The second kappa shape index (κ2) is 13.3. The summed E-state index contributed by atoms with van der Waals surface area (Å²) in [6, 6.07) is 0. The molecule has 0 aromatic heterocycles. The Kier molecular flexibility index (Phi) is 11.7. The third kappa shape index (κ3) is 9.92. The average molecular weight is 357 g/mol. The molecule has 0 aromatic rings. The number of ether oxygens (including phenoxy) is 3. The van der Waals surface area contributed by atoms with Crippen molar-refractivity contribution in [1.29, 1.82) is 0 Å². The summed E-state index contributed by atoms with van der Waals surface area (Å²) in [7, 11) is 1.63. The molecule has 0 aromatic carbocycles. The zero-order chi connectivity index (χ0) is 18.5. The van der Waals surface area contributed by atoms with Crippen molar-refractivity contribution in [3.63, 3.8) is 0 Å². The fourth-order valence-electron chi connectivity index (χ4n) is 3.10. The van der Waals surface area contributed by atoms with Crippen LogP contribution in [0.3, 0.4) is 0 Å². The summed E-state index contributed by atoms with van der Waals surface area (Å²) in [4.78, 5) is 23.8. The predicted molar refractivity (Wildman–Crippen MR) is 96.4 cm³/mol. The van der Waals surface area contributed by atoms with Crippen LogP contribution in [-0.4, -0.2) is 58.4 Å². The van der Waals surface area contributed by atoms with Gasteiger partial charge in [0.05, 0.1) is 33.0 Å². The molecule has 0 radical (unpaired) electrons. The SMILES string of the molecule is COCCOCCOCCC(=O)NCC1CCC(C(=O)C(C)C)CC1. The zero-order valence-electron chi connectivity index (χ0n) is 16.1. The molecule has 146 valence electrons. The molecule has 0 unspecified atom stereocenters. The van der Waals surface area contributed by atoms with Gasteiger partial charge in [-0.25, -0.2) is 0 Å². The normalized spacial score (nSPS) is 20.6. The minimum atomic E-state index is 0.0284. The highest BCUT2D eigenvalue weighted by atomic mass is 16.5. The van der Waals surface area contributed by atoms with Gasteiger partial charge in [-0.05, 0) is 31.6 Å². The van der Waals surface area contributed by atoms with Gasteiger partial charge in [0.1, 0.15) is 5.78 Å². The van der Waals surface area contributed by atoms with Crippen LogP contribution in [0.1, 0.15) is 46.0 Å². The van der Waals surface area contributed by atoms with Gasteiger partial charge in [-0.15, -0.1) is 0 Å². The summed E-state index contributed by atoms with van der Waals surface area (Å²) in [5, 5.41) is 2.99. The van der Waals surface area contributed by atoms with Gasteiger partial charge in [0.25, 0.3) is 0 Å². The van der Waals surface area contributed by atoms with Crippen LogP contribution in [0.25, 0.3) is 0 Å². The van der Waals surface area contributed by atoms with Crippen LogP contribution >= 0.6 is 0 Å². The topological polar surface area (TPSA) is 73.9 Å². The third-order valence-electron chi connectivity index (χ3n) is 4.68. The summed E-state index contributed by atoms with van der Waals surface area (Å²) in [6.07, 6.45) is 4.35. The number of carbonyl (C=O) groups excluding carboxylic acids is 2. The molecule has 0 atom stereocenters. The Morgan fingerprint density at radius 1 is 0.960 bits per heavy atom. The smallest absolute Gasteiger partial charge is 0.222 e. The van der Waals surface area contributed by atoms with E-state index < -0.39 is 0 Å². The van der Waals surface area contributed by atoms with Gasteiger partial charge in [-0.1, -0.05) is 13.8 Å². The van der Waals surface area contributed by atoms with E-state index in [9.17, 15) is 9.59 Å². The lowest BCUT2D eigenvalue weighted by Gasteiger charge is -2.28. The first-order valence-corrected chi connectivity index (χ1v) is 9.49. The molecule has 0 saturated heterocycles. The van der Waals surface area contributed by atoms with Gasteiger partial charge in [0.2, 0.25) is 5.91 Å². The Morgan fingerprint density at radius 2 is 1.56 bits per heavy atom. The van der Waals surface area contributed by atoms with Gasteiger partial charge < -0.3 is 19.5 Å². The van der Waals surface area contributed by atoms with Crippen LogP contribution in [0, 0.1) is 17.8 Å². The largest absolute Gasteiger partial charge is 0.382 e. The van der Waals surface area contributed by atoms with Gasteiger partial charge in [0, 0.05) is 31.9 Å². The zero-order valence-corrected chi connectivity index (χ0v) is 16.1. The highest BCUT2D eigenvalue weighted by Crippen LogP contribution is 2.30. The number of hydrogen-bond donors (Lipinski definition) is 1. The molecule has 0 spiro atoms. The maximum Gasteiger partial charge on any atom is 0.222 e. The lowest BCUT2D eigenvalue weighted by molar-refractivity contribution is -0.127. The van der Waals surface area contributed by atoms with Crippen LogP contribution in [0.15, 0.2) is 0 Å². The average Bonchev–Trinajstić information content (AvgIpc) is 2.62. The molecule has 1 aliphatic rings. The Hall–Kier alpha value is -0.980. The lowest BCUT2D eigenvalue weighted by atomic mass is 9.78. The van der Waals surface area contributed by atoms with Gasteiger partial charge >= 0.3 is 0 Å². The molecule has 0 bridgehead atoms. The number of Topliss-reactive ketones (excluding diaryl/α,β-unsaturated/α-hetero) is 1. The van der Waals surface area contributed by atoms with Crippen molar-refractivity contribution >= 4 is 11.7 Å². The van der Waals surface area contributed by atoms with Crippen molar-refractivity contribution in [2.24, 2.45) is 17.8 Å². The molecular weight excluding hydrogens is 322 g/mol. The highest BCUT2D eigenvalue weighted by Gasteiger charge is 2.27. The second-order valence-corrected chi connectivity index (χ2v) is 7.05. The van der Waals surface area contributed by atoms with Crippen molar-refractivity contribution in [2.45, 2.75) is 46.0 Å². The fraction of sp³-hybridized carbons (Fsp3) is 0.895. The van der Waals surface area contributed by atoms with Gasteiger partial charge in [0.15, 0.2) is 0 Å². The lowest BCUT2D eigenvalue weighted by Crippen LogP contribution is -2.33. The molecule has 0 aliphatic heterocycles. The van der Waals surface area contributed by atoms with Crippen molar-refractivity contribution in [2.75, 3.05) is 46.7 Å². The van der Waals surface area contributed by atoms with E-state index in [0.717, 1.165) is 25.7 Å². The Bertz CT molecular complexity index is 378. The summed E-state index contributed by atoms with van der Waals surface area (Å²) in [6.45, 7) is 7.22. The number of nitrogens with one attached hydrogen (secondary N) is 1. The number of methoxy groups -OCH3 is 1. The van der Waals surface area contributed by atoms with E-state index in [4.69, 9.17) is 14.2 Å². The number of hydrogen-bond acceptors (Lipinski definition) is 5. The van der Waals surface area contributed by atoms with Crippen LogP contribution in [0.2, 0.25) is 0 Å². The van der Waals surface area contributed by atoms with E-state index in [-0.39, 0.29) is 17.7 Å². The van der Waals surface area contributed by atoms with Crippen LogP contribution in [0.4, 0.5) is 0 Å². The number of rotatable bonds is 13. The predicted octanol–water partition coefficient (Wildman–Crippen LogP) is 2.20. The van der Waals surface area contributed by atoms with Crippen molar-refractivity contribution in [3.05, 3.63) is 0 Å². The second-order valence-electron chi connectivity index (χ2n) is 7.05. The molecule has 1 fully saturated rings. The van der Waals surface area contributed by atoms with E-state index in [1.807, 2.05) is 13.8 Å². The molecule has 1 saturated carbocycles. The van der Waals surface area contributed by atoms with Crippen LogP contribution < -0.4 is 5.32 Å². The van der Waals surface area contributed by atoms with Crippen molar-refractivity contribution < 1.29 is 23.8 Å². The van der Waals surface area contributed by atoms with Crippen LogP contribution in [-0.2, 0) is 23.8 Å². The minimum absolute atomic E-state index is 0.0284. The van der Waals surface area contributed by atoms with Gasteiger partial charge in [-0.2, -0.15) is 0 Å². The number of carbonyl (C=O) groups is 2. The number of ketones is 1. The molecule has 6 heteroatoms. The standard InChI is InChI=1S/C19H35NO5/c1-15(2)19(22)17-6-4-16(5-7-17)14-20-18(21)8-9-24-12-13-25-11-10-23-3/h15-17H,4-14H2,1-3H3,(H,20,21). The summed E-state index contributed by atoms with van der Waals surface area (Å²) >= 11 is 0. The molecule has 1 aliphatic carbocycles. The monoisotopic (exact) mass is 357 g/mol. The fourth-order valence-corrected chi connectivity index (χ4v) is 3.10. The first kappa shape index (κ1) is 22.1. The quantitative estimate of drug-likeness (QED) is 0.512. The minimum Gasteiger partial charge on any atom is -0.382 e. The summed E-state index contributed by atoms with van der Waals surface area (Å²) in [5.74, 6) is 1.28. The highest BCUT2D eigenvalue weighted by molar-refractivity contribution is 5.82. The maximum absolute atomic E-state index is 12.0. The van der Waals surface area contributed by atoms with Crippen LogP contribution in [0.5, 0.6) is 0 Å². The molecule has 1 rings (SSSR count). The third-order valence-corrected chi connectivity index (χ3v) is 4.68. The van der Waals surface area contributed by atoms with E-state index in [1.54, 1.807) is 7.11 Å².